The predicted molar refractivity (Wildman–Crippen MR) is 114 cm³/mol. The third-order valence-corrected chi connectivity index (χ3v) is 4.71. The minimum atomic E-state index is -0.498. The Kier molecular flexibility index (Phi) is 8.31. The smallest absolute Gasteiger partial charge is 0.410 e. The standard InChI is InChI=1S/C20H30N4O4S/c1-6-27-16(25)8-7-14-13-21-18(29-5)23-17(14)22-15-9-11-24(12-10-15)19(26)28-20(2,3)4/h7-8,13,15H,6,9-12H2,1-5H3,(H,21,22,23). The first-order valence-corrected chi connectivity index (χ1v) is 10.9. The van der Waals surface area contributed by atoms with E-state index in [9.17, 15) is 9.59 Å². The summed E-state index contributed by atoms with van der Waals surface area (Å²) >= 11 is 1.45. The number of nitrogens with one attached hydrogen (secondary N) is 1. The fourth-order valence-corrected chi connectivity index (χ4v) is 3.13. The van der Waals surface area contributed by atoms with Gasteiger partial charge in [-0.1, -0.05) is 11.8 Å². The van der Waals surface area contributed by atoms with E-state index in [1.807, 2.05) is 27.0 Å². The van der Waals surface area contributed by atoms with E-state index in [1.54, 1.807) is 24.1 Å². The highest BCUT2D eigenvalue weighted by Gasteiger charge is 2.27. The maximum atomic E-state index is 12.2. The minimum Gasteiger partial charge on any atom is -0.463 e. The fraction of sp³-hybridized carbons (Fsp3) is 0.600. The van der Waals surface area contributed by atoms with Crippen LogP contribution in [0.15, 0.2) is 17.4 Å². The molecule has 8 nitrogen and oxygen atoms in total. The molecule has 0 saturated carbocycles. The number of hydrogen-bond acceptors (Lipinski definition) is 8. The van der Waals surface area contributed by atoms with Crippen LogP contribution in [0.5, 0.6) is 0 Å². The lowest BCUT2D eigenvalue weighted by Gasteiger charge is -2.34. The molecule has 1 amide bonds. The highest BCUT2D eigenvalue weighted by Crippen LogP contribution is 2.22. The van der Waals surface area contributed by atoms with E-state index < -0.39 is 11.6 Å². The summed E-state index contributed by atoms with van der Waals surface area (Å²) < 4.78 is 10.4. The highest BCUT2D eigenvalue weighted by molar-refractivity contribution is 7.98. The average Bonchev–Trinajstić information content (AvgIpc) is 2.66. The van der Waals surface area contributed by atoms with Gasteiger partial charge in [0.05, 0.1) is 6.61 Å². The number of carbonyl (C=O) groups is 2. The zero-order valence-corrected chi connectivity index (χ0v) is 18.5. The van der Waals surface area contributed by atoms with Crippen LogP contribution in [0.3, 0.4) is 0 Å². The molecule has 2 heterocycles. The monoisotopic (exact) mass is 422 g/mol. The van der Waals surface area contributed by atoms with Crippen molar-refractivity contribution in [3.05, 3.63) is 17.8 Å². The number of likely N-dealkylation sites (tertiary alicyclic amines) is 1. The van der Waals surface area contributed by atoms with Crippen LogP contribution in [0.2, 0.25) is 0 Å². The van der Waals surface area contributed by atoms with Crippen molar-refractivity contribution in [3.8, 4) is 0 Å². The third-order valence-electron chi connectivity index (χ3n) is 4.15. The van der Waals surface area contributed by atoms with Crippen molar-refractivity contribution in [1.82, 2.24) is 14.9 Å². The number of nitrogens with zero attached hydrogens (tertiary/aromatic N) is 3. The topological polar surface area (TPSA) is 93.6 Å². The second kappa shape index (κ2) is 10.5. The Hall–Kier alpha value is -2.29. The third kappa shape index (κ3) is 7.56. The molecule has 0 unspecified atom stereocenters. The zero-order valence-electron chi connectivity index (χ0n) is 17.7. The summed E-state index contributed by atoms with van der Waals surface area (Å²) in [5, 5.41) is 4.09. The molecule has 1 fully saturated rings. The van der Waals surface area contributed by atoms with Gasteiger partial charge in [0.1, 0.15) is 11.4 Å². The summed E-state index contributed by atoms with van der Waals surface area (Å²) in [5.74, 6) is 0.263. The van der Waals surface area contributed by atoms with Crippen molar-refractivity contribution >= 4 is 35.7 Å². The minimum absolute atomic E-state index is 0.160. The summed E-state index contributed by atoms with van der Waals surface area (Å²) in [4.78, 5) is 34.4. The second-order valence-corrected chi connectivity index (χ2v) is 8.41. The molecule has 0 radical (unpaired) electrons. The van der Waals surface area contributed by atoms with Crippen molar-refractivity contribution in [2.75, 3.05) is 31.3 Å². The van der Waals surface area contributed by atoms with E-state index in [-0.39, 0.29) is 12.1 Å². The fourth-order valence-electron chi connectivity index (χ4n) is 2.79. The van der Waals surface area contributed by atoms with Gasteiger partial charge in [0, 0.05) is 37.0 Å². The van der Waals surface area contributed by atoms with Crippen LogP contribution in [0, 0.1) is 0 Å². The van der Waals surface area contributed by atoms with Gasteiger partial charge in [-0.15, -0.1) is 0 Å². The van der Waals surface area contributed by atoms with Crippen molar-refractivity contribution in [2.24, 2.45) is 0 Å². The Morgan fingerprint density at radius 3 is 2.62 bits per heavy atom. The Bertz CT molecular complexity index is 740. The van der Waals surface area contributed by atoms with Crippen LogP contribution < -0.4 is 5.32 Å². The van der Waals surface area contributed by atoms with Gasteiger partial charge in [-0.25, -0.2) is 19.6 Å². The Balaban J connectivity index is 2.02. The quantitative estimate of drug-likeness (QED) is 0.322. The molecule has 1 aliphatic rings. The van der Waals surface area contributed by atoms with Gasteiger partial charge in [-0.2, -0.15) is 0 Å². The van der Waals surface area contributed by atoms with Crippen molar-refractivity contribution in [3.63, 3.8) is 0 Å². The van der Waals surface area contributed by atoms with Gasteiger partial charge in [0.25, 0.3) is 0 Å². The largest absolute Gasteiger partial charge is 0.463 e. The molecule has 0 aromatic carbocycles. The van der Waals surface area contributed by atoms with E-state index in [4.69, 9.17) is 9.47 Å². The number of anilines is 1. The number of ether oxygens (including phenoxy) is 2. The van der Waals surface area contributed by atoms with E-state index in [0.29, 0.717) is 36.2 Å². The number of thioether (sulfide) groups is 1. The second-order valence-electron chi connectivity index (χ2n) is 7.63. The maximum absolute atomic E-state index is 12.2. The van der Waals surface area contributed by atoms with Gasteiger partial charge in [0.2, 0.25) is 0 Å². The van der Waals surface area contributed by atoms with E-state index in [0.717, 1.165) is 12.8 Å². The summed E-state index contributed by atoms with van der Waals surface area (Å²) in [6.07, 6.45) is 7.90. The molecule has 2 rings (SSSR count). The van der Waals surface area contributed by atoms with Gasteiger partial charge in [-0.05, 0) is 52.9 Å². The van der Waals surface area contributed by atoms with Crippen LogP contribution in [0.1, 0.15) is 46.1 Å². The SMILES string of the molecule is CCOC(=O)C=Cc1cnc(SC)nc1NC1CCN(C(=O)OC(C)(C)C)CC1. The van der Waals surface area contributed by atoms with Gasteiger partial charge >= 0.3 is 12.1 Å². The first-order chi connectivity index (χ1) is 13.7. The van der Waals surface area contributed by atoms with Gasteiger partial charge in [0.15, 0.2) is 5.16 Å². The van der Waals surface area contributed by atoms with Crippen LogP contribution in [0.4, 0.5) is 10.6 Å². The van der Waals surface area contributed by atoms with Crippen LogP contribution in [-0.4, -0.2) is 64.5 Å². The van der Waals surface area contributed by atoms with Gasteiger partial charge in [-0.3, -0.25) is 0 Å². The predicted octanol–water partition coefficient (Wildman–Crippen LogP) is 3.59. The molecule has 9 heteroatoms. The normalized spacial score (nSPS) is 15.4. The first-order valence-electron chi connectivity index (χ1n) is 9.72. The van der Waals surface area contributed by atoms with Crippen LogP contribution >= 0.6 is 11.8 Å². The summed E-state index contributed by atoms with van der Waals surface area (Å²) in [6, 6.07) is 0.160. The number of hydrogen-bond donors (Lipinski definition) is 1. The summed E-state index contributed by atoms with van der Waals surface area (Å²) in [5.41, 5.74) is 0.215. The van der Waals surface area contributed by atoms with Crippen LogP contribution in [0.25, 0.3) is 6.08 Å². The summed E-state index contributed by atoms with van der Waals surface area (Å²) in [7, 11) is 0. The number of piperidine rings is 1. The molecular weight excluding hydrogens is 392 g/mol. The average molecular weight is 423 g/mol. The van der Waals surface area contributed by atoms with Crippen molar-refractivity contribution in [1.29, 1.82) is 0 Å². The Labute approximate surface area is 176 Å². The molecule has 1 aromatic rings. The molecular formula is C20H30N4O4S. The number of rotatable bonds is 6. The molecule has 0 aliphatic carbocycles. The number of esters is 1. The van der Waals surface area contributed by atoms with Crippen molar-refractivity contribution in [2.45, 2.75) is 57.3 Å². The highest BCUT2D eigenvalue weighted by atomic mass is 32.2. The molecule has 1 aromatic heterocycles. The molecule has 1 aliphatic heterocycles. The van der Waals surface area contributed by atoms with E-state index >= 15 is 0 Å². The van der Waals surface area contributed by atoms with Crippen molar-refractivity contribution < 1.29 is 19.1 Å². The Morgan fingerprint density at radius 1 is 1.34 bits per heavy atom. The van der Waals surface area contributed by atoms with Crippen LogP contribution in [-0.2, 0) is 14.3 Å². The van der Waals surface area contributed by atoms with Gasteiger partial charge < -0.3 is 19.7 Å². The van der Waals surface area contributed by atoms with E-state index in [2.05, 4.69) is 15.3 Å². The number of amides is 1. The van der Waals surface area contributed by atoms with E-state index in [1.165, 1.54) is 17.8 Å². The number of carbonyl (C=O) groups excluding carboxylic acids is 2. The molecule has 0 spiro atoms. The zero-order chi connectivity index (χ0) is 21.4. The number of aromatic nitrogens is 2. The molecule has 160 valence electrons. The molecule has 29 heavy (non-hydrogen) atoms. The summed E-state index contributed by atoms with van der Waals surface area (Å²) in [6.45, 7) is 8.90. The lowest BCUT2D eigenvalue weighted by Crippen LogP contribution is -2.44. The molecule has 1 N–H and O–H groups in total. The Morgan fingerprint density at radius 2 is 2.03 bits per heavy atom. The molecule has 0 bridgehead atoms. The molecule has 1 saturated heterocycles. The maximum Gasteiger partial charge on any atom is 0.410 e. The molecule has 0 atom stereocenters. The first kappa shape index (κ1) is 23.0. The lowest BCUT2D eigenvalue weighted by molar-refractivity contribution is -0.137. The lowest BCUT2D eigenvalue weighted by atomic mass is 10.1.